The molecule has 1 atom stereocenters. The highest BCUT2D eigenvalue weighted by Crippen LogP contribution is 2.35. The SMILES string of the molecule is BrC1CCC=C(N(c2ccccc2)c2ccccc2)C1. The highest BCUT2D eigenvalue weighted by Gasteiger charge is 2.20. The van der Waals surface area contributed by atoms with Crippen LogP contribution < -0.4 is 4.90 Å². The fourth-order valence-electron chi connectivity index (χ4n) is 2.66. The van der Waals surface area contributed by atoms with Gasteiger partial charge in [0.05, 0.1) is 0 Å². The van der Waals surface area contributed by atoms with Crippen LogP contribution in [0, 0.1) is 0 Å². The zero-order chi connectivity index (χ0) is 13.8. The Kier molecular flexibility index (Phi) is 4.22. The molecule has 0 bridgehead atoms. The van der Waals surface area contributed by atoms with Crippen LogP contribution in [0.1, 0.15) is 19.3 Å². The lowest BCUT2D eigenvalue weighted by molar-refractivity contribution is 0.717. The van der Waals surface area contributed by atoms with Gasteiger partial charge >= 0.3 is 0 Å². The molecule has 0 fully saturated rings. The second-order valence-corrected chi connectivity index (χ2v) is 6.38. The number of para-hydroxylation sites is 2. The molecule has 1 unspecified atom stereocenters. The Morgan fingerprint density at radius 1 is 0.850 bits per heavy atom. The minimum atomic E-state index is 0.581. The topological polar surface area (TPSA) is 3.24 Å². The molecule has 0 N–H and O–H groups in total. The summed E-state index contributed by atoms with van der Waals surface area (Å²) in [6, 6.07) is 21.2. The quantitative estimate of drug-likeness (QED) is 0.658. The van der Waals surface area contributed by atoms with E-state index in [0.29, 0.717) is 4.83 Å². The maximum absolute atomic E-state index is 3.77. The van der Waals surface area contributed by atoms with Crippen LogP contribution in [-0.4, -0.2) is 4.83 Å². The molecule has 2 heteroatoms. The number of benzene rings is 2. The molecular formula is C18H18BrN. The lowest BCUT2D eigenvalue weighted by atomic mass is 10.0. The van der Waals surface area contributed by atoms with Crippen molar-refractivity contribution in [3.05, 3.63) is 72.4 Å². The highest BCUT2D eigenvalue weighted by atomic mass is 79.9. The van der Waals surface area contributed by atoms with E-state index in [1.54, 1.807) is 0 Å². The van der Waals surface area contributed by atoms with Crippen LogP contribution in [0.2, 0.25) is 0 Å². The second-order valence-electron chi connectivity index (χ2n) is 5.08. The first kappa shape index (κ1) is 13.4. The number of hydrogen-bond donors (Lipinski definition) is 0. The smallest absolute Gasteiger partial charge is 0.0458 e. The monoisotopic (exact) mass is 327 g/mol. The van der Waals surface area contributed by atoms with Crippen molar-refractivity contribution in [3.8, 4) is 0 Å². The number of nitrogens with zero attached hydrogens (tertiary/aromatic N) is 1. The first-order valence-electron chi connectivity index (χ1n) is 7.08. The van der Waals surface area contributed by atoms with Gasteiger partial charge in [0, 0.05) is 28.3 Å². The summed E-state index contributed by atoms with van der Waals surface area (Å²) in [5.41, 5.74) is 3.84. The molecule has 0 spiro atoms. The predicted octanol–water partition coefficient (Wildman–Crippen LogP) is 5.66. The Morgan fingerprint density at radius 3 is 1.90 bits per heavy atom. The molecule has 0 saturated heterocycles. The van der Waals surface area contributed by atoms with Crippen LogP contribution in [0.15, 0.2) is 72.4 Å². The Morgan fingerprint density at radius 2 is 1.40 bits per heavy atom. The van der Waals surface area contributed by atoms with Crippen molar-refractivity contribution in [1.82, 2.24) is 0 Å². The summed E-state index contributed by atoms with van der Waals surface area (Å²) in [5.74, 6) is 0. The largest absolute Gasteiger partial charge is 0.315 e. The number of anilines is 2. The molecule has 0 heterocycles. The van der Waals surface area contributed by atoms with E-state index in [0.717, 1.165) is 12.8 Å². The molecule has 0 aromatic heterocycles. The first-order chi connectivity index (χ1) is 9.84. The zero-order valence-corrected chi connectivity index (χ0v) is 13.0. The fraction of sp³-hybridized carbons (Fsp3) is 0.222. The molecule has 0 radical (unpaired) electrons. The molecule has 2 aromatic carbocycles. The second kappa shape index (κ2) is 6.27. The molecular weight excluding hydrogens is 310 g/mol. The first-order valence-corrected chi connectivity index (χ1v) is 7.99. The molecule has 20 heavy (non-hydrogen) atoms. The Bertz CT molecular complexity index is 537. The van der Waals surface area contributed by atoms with Crippen molar-refractivity contribution >= 4 is 27.3 Å². The zero-order valence-electron chi connectivity index (χ0n) is 11.4. The standard InChI is InChI=1S/C18H18BrN/c19-15-8-7-13-18(14-15)20(16-9-3-1-4-10-16)17-11-5-2-6-12-17/h1-6,9-13,15H,7-8,14H2. The third-order valence-electron chi connectivity index (χ3n) is 3.61. The Labute approximate surface area is 129 Å². The van der Waals surface area contributed by atoms with Gasteiger partial charge in [0.1, 0.15) is 0 Å². The van der Waals surface area contributed by atoms with E-state index in [-0.39, 0.29) is 0 Å². The highest BCUT2D eigenvalue weighted by molar-refractivity contribution is 9.09. The third-order valence-corrected chi connectivity index (χ3v) is 4.39. The van der Waals surface area contributed by atoms with Gasteiger partial charge in [-0.25, -0.2) is 0 Å². The van der Waals surface area contributed by atoms with Gasteiger partial charge in [-0.15, -0.1) is 0 Å². The molecule has 0 aliphatic heterocycles. The Hall–Kier alpha value is -1.54. The lowest BCUT2D eigenvalue weighted by Crippen LogP contribution is -2.21. The summed E-state index contributed by atoms with van der Waals surface area (Å²) in [6.45, 7) is 0. The molecule has 102 valence electrons. The lowest BCUT2D eigenvalue weighted by Gasteiger charge is -2.31. The maximum Gasteiger partial charge on any atom is 0.0458 e. The van der Waals surface area contributed by atoms with Crippen molar-refractivity contribution in [2.75, 3.05) is 4.90 Å². The summed E-state index contributed by atoms with van der Waals surface area (Å²) in [7, 11) is 0. The van der Waals surface area contributed by atoms with E-state index >= 15 is 0 Å². The molecule has 2 aromatic rings. The normalized spacial score (nSPS) is 18.4. The van der Waals surface area contributed by atoms with Crippen LogP contribution >= 0.6 is 15.9 Å². The van der Waals surface area contributed by atoms with Crippen LogP contribution in [0.5, 0.6) is 0 Å². The van der Waals surface area contributed by atoms with Crippen molar-refractivity contribution in [2.24, 2.45) is 0 Å². The molecule has 1 aliphatic carbocycles. The van der Waals surface area contributed by atoms with Crippen molar-refractivity contribution < 1.29 is 0 Å². The third kappa shape index (κ3) is 2.96. The van der Waals surface area contributed by atoms with Gasteiger partial charge in [-0.1, -0.05) is 58.4 Å². The fourth-order valence-corrected chi connectivity index (χ4v) is 3.26. The molecule has 3 rings (SSSR count). The van der Waals surface area contributed by atoms with E-state index in [9.17, 15) is 0 Å². The van der Waals surface area contributed by atoms with Gasteiger partial charge in [-0.3, -0.25) is 0 Å². The van der Waals surface area contributed by atoms with Crippen LogP contribution in [0.4, 0.5) is 11.4 Å². The van der Waals surface area contributed by atoms with Crippen molar-refractivity contribution in [1.29, 1.82) is 0 Å². The van der Waals surface area contributed by atoms with Crippen molar-refractivity contribution in [3.63, 3.8) is 0 Å². The average Bonchev–Trinajstić information content (AvgIpc) is 2.50. The van der Waals surface area contributed by atoms with Crippen LogP contribution in [-0.2, 0) is 0 Å². The van der Waals surface area contributed by atoms with Gasteiger partial charge in [0.2, 0.25) is 0 Å². The van der Waals surface area contributed by atoms with Gasteiger partial charge in [0.25, 0.3) is 0 Å². The van der Waals surface area contributed by atoms with Crippen LogP contribution in [0.3, 0.4) is 0 Å². The molecule has 0 amide bonds. The number of alkyl halides is 1. The predicted molar refractivity (Wildman–Crippen MR) is 89.7 cm³/mol. The number of halogens is 1. The summed E-state index contributed by atoms with van der Waals surface area (Å²) >= 11 is 3.77. The van der Waals surface area contributed by atoms with E-state index in [1.165, 1.54) is 23.5 Å². The number of allylic oxidation sites excluding steroid dienone is 2. The van der Waals surface area contributed by atoms with Crippen LogP contribution in [0.25, 0.3) is 0 Å². The number of rotatable bonds is 3. The van der Waals surface area contributed by atoms with E-state index in [1.807, 2.05) is 0 Å². The summed E-state index contributed by atoms with van der Waals surface area (Å²) in [6.07, 6.45) is 5.81. The molecule has 1 aliphatic rings. The number of hydrogen-bond acceptors (Lipinski definition) is 1. The summed E-state index contributed by atoms with van der Waals surface area (Å²) in [5, 5.41) is 0. The molecule has 1 nitrogen and oxygen atoms in total. The van der Waals surface area contributed by atoms with E-state index in [2.05, 4.69) is 87.6 Å². The van der Waals surface area contributed by atoms with E-state index in [4.69, 9.17) is 0 Å². The van der Waals surface area contributed by atoms with Gasteiger partial charge in [-0.05, 0) is 37.1 Å². The summed E-state index contributed by atoms with van der Waals surface area (Å²) in [4.78, 5) is 2.95. The van der Waals surface area contributed by atoms with Gasteiger partial charge in [0.15, 0.2) is 0 Å². The molecule has 0 saturated carbocycles. The minimum absolute atomic E-state index is 0.581. The summed E-state index contributed by atoms with van der Waals surface area (Å²) < 4.78 is 0. The maximum atomic E-state index is 3.77. The van der Waals surface area contributed by atoms with Gasteiger partial charge < -0.3 is 4.90 Å². The van der Waals surface area contributed by atoms with E-state index < -0.39 is 0 Å². The van der Waals surface area contributed by atoms with Crippen molar-refractivity contribution in [2.45, 2.75) is 24.1 Å². The average molecular weight is 328 g/mol. The minimum Gasteiger partial charge on any atom is -0.315 e. The van der Waals surface area contributed by atoms with Gasteiger partial charge in [-0.2, -0.15) is 0 Å². The Balaban J connectivity index is 2.02.